The van der Waals surface area contributed by atoms with Crippen LogP contribution in [0, 0.1) is 12.8 Å². The molecular weight excluding hydrogens is 416 g/mol. The Hall–Kier alpha value is -2.97. The van der Waals surface area contributed by atoms with Crippen LogP contribution in [0.5, 0.6) is 0 Å². The number of ketones is 1. The number of ether oxygens (including phenoxy) is 1. The first kappa shape index (κ1) is 22.7. The van der Waals surface area contributed by atoms with E-state index in [1.54, 1.807) is 39.0 Å². The molecule has 0 saturated heterocycles. The first-order valence-electron chi connectivity index (χ1n) is 10.0. The van der Waals surface area contributed by atoms with E-state index in [1.165, 1.54) is 19.1 Å². The summed E-state index contributed by atoms with van der Waals surface area (Å²) in [4.78, 5) is 29.1. The standard InChI is InChI=1S/C23H26N2O5S/c1-14(2)21(25-31(28,29)17-10-6-5-7-11-17)23(27)30-16(4)22(26)20-15(3)24-19-13-9-8-12-18(19)20/h5-14,16,21,24-25H,1-4H3/t16-,21+/m0/s1. The molecule has 7 nitrogen and oxygen atoms in total. The number of sulfonamides is 1. The Bertz CT molecular complexity index is 1200. The van der Waals surface area contributed by atoms with Gasteiger partial charge in [0, 0.05) is 22.2 Å². The third kappa shape index (κ3) is 4.86. The molecular formula is C23H26N2O5S. The molecule has 0 saturated carbocycles. The highest BCUT2D eigenvalue weighted by Crippen LogP contribution is 2.24. The van der Waals surface area contributed by atoms with Crippen LogP contribution in [0.4, 0.5) is 0 Å². The van der Waals surface area contributed by atoms with Crippen molar-refractivity contribution in [3.8, 4) is 0 Å². The summed E-state index contributed by atoms with van der Waals surface area (Å²) in [6, 6.07) is 14.0. The molecule has 0 bridgehead atoms. The van der Waals surface area contributed by atoms with Crippen LogP contribution in [-0.4, -0.2) is 37.3 Å². The van der Waals surface area contributed by atoms with Crippen LogP contribution >= 0.6 is 0 Å². The van der Waals surface area contributed by atoms with Gasteiger partial charge in [0.15, 0.2) is 6.10 Å². The lowest BCUT2D eigenvalue weighted by atomic mass is 10.0. The molecule has 2 N–H and O–H groups in total. The lowest BCUT2D eigenvalue weighted by Crippen LogP contribution is -2.46. The van der Waals surface area contributed by atoms with Crippen molar-refractivity contribution >= 4 is 32.7 Å². The van der Waals surface area contributed by atoms with Gasteiger partial charge < -0.3 is 9.72 Å². The van der Waals surface area contributed by atoms with Crippen LogP contribution in [0.2, 0.25) is 0 Å². The third-order valence-electron chi connectivity index (χ3n) is 5.06. The van der Waals surface area contributed by atoms with Crippen LogP contribution in [0.25, 0.3) is 10.9 Å². The number of carbonyl (C=O) groups excluding carboxylic acids is 2. The minimum atomic E-state index is -3.93. The number of carbonyl (C=O) groups is 2. The van der Waals surface area contributed by atoms with Gasteiger partial charge in [0.2, 0.25) is 15.8 Å². The van der Waals surface area contributed by atoms with Crippen molar-refractivity contribution in [3.05, 3.63) is 65.9 Å². The van der Waals surface area contributed by atoms with E-state index in [0.717, 1.165) is 10.9 Å². The second-order valence-electron chi connectivity index (χ2n) is 7.77. The highest BCUT2D eigenvalue weighted by molar-refractivity contribution is 7.89. The molecule has 0 aliphatic carbocycles. The molecule has 3 aromatic rings. The molecule has 0 amide bonds. The fraction of sp³-hybridized carbons (Fsp3) is 0.304. The number of aryl methyl sites for hydroxylation is 1. The van der Waals surface area contributed by atoms with Gasteiger partial charge in [-0.2, -0.15) is 4.72 Å². The van der Waals surface area contributed by atoms with Gasteiger partial charge in [-0.25, -0.2) is 8.42 Å². The number of nitrogens with one attached hydrogen (secondary N) is 2. The van der Waals surface area contributed by atoms with Gasteiger partial charge in [-0.1, -0.05) is 50.2 Å². The zero-order valence-electron chi connectivity index (χ0n) is 17.9. The number of H-pyrrole nitrogens is 1. The maximum atomic E-state index is 13.0. The number of benzene rings is 2. The zero-order valence-corrected chi connectivity index (χ0v) is 18.7. The normalized spacial score (nSPS) is 13.8. The topological polar surface area (TPSA) is 105 Å². The van der Waals surface area contributed by atoms with E-state index in [4.69, 9.17) is 4.74 Å². The lowest BCUT2D eigenvalue weighted by molar-refractivity contribution is -0.149. The number of aromatic nitrogens is 1. The number of esters is 1. The molecule has 0 aliphatic heterocycles. The van der Waals surface area contributed by atoms with Crippen LogP contribution in [0.1, 0.15) is 36.8 Å². The van der Waals surface area contributed by atoms with Gasteiger partial charge in [-0.05, 0) is 38.0 Å². The first-order chi connectivity index (χ1) is 14.6. The Morgan fingerprint density at radius 3 is 2.23 bits per heavy atom. The highest BCUT2D eigenvalue weighted by Gasteiger charge is 2.32. The van der Waals surface area contributed by atoms with Gasteiger partial charge in [0.05, 0.1) is 4.90 Å². The molecule has 8 heteroatoms. The number of Topliss-reactive ketones (excluding diaryl/α,β-unsaturated/α-hetero) is 1. The largest absolute Gasteiger partial charge is 0.453 e. The predicted octanol–water partition coefficient (Wildman–Crippen LogP) is 3.59. The minimum Gasteiger partial charge on any atom is -0.453 e. The number of hydrogen-bond donors (Lipinski definition) is 2. The summed E-state index contributed by atoms with van der Waals surface area (Å²) in [5.74, 6) is -1.53. The molecule has 1 aromatic heterocycles. The Morgan fingerprint density at radius 1 is 0.968 bits per heavy atom. The van der Waals surface area contributed by atoms with E-state index in [9.17, 15) is 18.0 Å². The average Bonchev–Trinajstić information content (AvgIpc) is 3.07. The molecule has 0 radical (unpaired) electrons. The monoisotopic (exact) mass is 442 g/mol. The molecule has 3 rings (SSSR count). The van der Waals surface area contributed by atoms with Gasteiger partial charge in [-0.3, -0.25) is 9.59 Å². The summed E-state index contributed by atoms with van der Waals surface area (Å²) in [7, 11) is -3.93. The van der Waals surface area contributed by atoms with Crippen molar-refractivity contribution < 1.29 is 22.7 Å². The smallest absolute Gasteiger partial charge is 0.325 e. The lowest BCUT2D eigenvalue weighted by Gasteiger charge is -2.22. The number of rotatable bonds is 8. The second kappa shape index (κ2) is 9.03. The van der Waals surface area contributed by atoms with Gasteiger partial charge in [0.25, 0.3) is 0 Å². The maximum Gasteiger partial charge on any atom is 0.325 e. The maximum absolute atomic E-state index is 13.0. The SMILES string of the molecule is Cc1[nH]c2ccccc2c1C(=O)[C@H](C)OC(=O)[C@H](NS(=O)(=O)c1ccccc1)C(C)C. The fourth-order valence-electron chi connectivity index (χ4n) is 3.39. The number of aromatic amines is 1. The minimum absolute atomic E-state index is 0.0481. The zero-order chi connectivity index (χ0) is 22.8. The molecule has 2 atom stereocenters. The van der Waals surface area contributed by atoms with Gasteiger partial charge in [0.1, 0.15) is 6.04 Å². The summed E-state index contributed by atoms with van der Waals surface area (Å²) in [5, 5.41) is 0.748. The Labute approximate surface area is 181 Å². The quantitative estimate of drug-likeness (QED) is 0.410. The Kier molecular flexibility index (Phi) is 6.62. The Morgan fingerprint density at radius 2 is 1.58 bits per heavy atom. The van der Waals surface area contributed by atoms with Crippen LogP contribution in [-0.2, 0) is 19.6 Å². The molecule has 164 valence electrons. The highest BCUT2D eigenvalue weighted by atomic mass is 32.2. The van der Waals surface area contributed by atoms with E-state index in [0.29, 0.717) is 11.3 Å². The van der Waals surface area contributed by atoms with E-state index >= 15 is 0 Å². The molecule has 0 unspecified atom stereocenters. The van der Waals surface area contributed by atoms with E-state index in [-0.39, 0.29) is 16.6 Å². The summed E-state index contributed by atoms with van der Waals surface area (Å²) in [6.45, 7) is 6.68. The van der Waals surface area contributed by atoms with Crippen molar-refractivity contribution in [1.82, 2.24) is 9.71 Å². The molecule has 1 heterocycles. The predicted molar refractivity (Wildman–Crippen MR) is 118 cm³/mol. The van der Waals surface area contributed by atoms with Crippen LogP contribution < -0.4 is 4.72 Å². The number of hydrogen-bond acceptors (Lipinski definition) is 5. The Balaban J connectivity index is 1.79. The van der Waals surface area contributed by atoms with E-state index < -0.39 is 28.1 Å². The molecule has 0 aliphatic rings. The summed E-state index contributed by atoms with van der Waals surface area (Å²) < 4.78 is 33.1. The molecule has 2 aromatic carbocycles. The summed E-state index contributed by atoms with van der Waals surface area (Å²) in [5.41, 5.74) is 1.96. The van der Waals surface area contributed by atoms with Crippen molar-refractivity contribution in [1.29, 1.82) is 0 Å². The van der Waals surface area contributed by atoms with Crippen molar-refractivity contribution in [3.63, 3.8) is 0 Å². The summed E-state index contributed by atoms with van der Waals surface area (Å²) >= 11 is 0. The number of para-hydroxylation sites is 1. The van der Waals surface area contributed by atoms with Crippen molar-refractivity contribution in [2.45, 2.75) is 44.7 Å². The third-order valence-corrected chi connectivity index (χ3v) is 6.52. The molecule has 31 heavy (non-hydrogen) atoms. The van der Waals surface area contributed by atoms with Crippen LogP contribution in [0.15, 0.2) is 59.5 Å². The first-order valence-corrected chi connectivity index (χ1v) is 11.5. The van der Waals surface area contributed by atoms with Crippen molar-refractivity contribution in [2.75, 3.05) is 0 Å². The average molecular weight is 443 g/mol. The second-order valence-corrected chi connectivity index (χ2v) is 9.48. The molecule has 0 spiro atoms. The van der Waals surface area contributed by atoms with E-state index in [1.807, 2.05) is 24.3 Å². The molecule has 0 fully saturated rings. The van der Waals surface area contributed by atoms with E-state index in [2.05, 4.69) is 9.71 Å². The summed E-state index contributed by atoms with van der Waals surface area (Å²) in [6.07, 6.45) is -1.08. The fourth-order valence-corrected chi connectivity index (χ4v) is 4.74. The number of fused-ring (bicyclic) bond motifs is 1. The van der Waals surface area contributed by atoms with Gasteiger partial charge >= 0.3 is 5.97 Å². The van der Waals surface area contributed by atoms with Crippen molar-refractivity contribution in [2.24, 2.45) is 5.92 Å². The van der Waals surface area contributed by atoms with Crippen LogP contribution in [0.3, 0.4) is 0 Å². The van der Waals surface area contributed by atoms with Gasteiger partial charge in [-0.15, -0.1) is 0 Å².